The van der Waals surface area contributed by atoms with E-state index < -0.39 is 0 Å². The van der Waals surface area contributed by atoms with Crippen molar-refractivity contribution in [1.29, 1.82) is 0 Å². The van der Waals surface area contributed by atoms with Crippen LogP contribution in [0.15, 0.2) is 46.9 Å². The van der Waals surface area contributed by atoms with Gasteiger partial charge in [0.15, 0.2) is 0 Å². The molecule has 27 heavy (non-hydrogen) atoms. The molecule has 0 spiro atoms. The second-order valence-corrected chi connectivity index (χ2v) is 7.88. The number of aryl methyl sites for hydroxylation is 1. The summed E-state index contributed by atoms with van der Waals surface area (Å²) in [6.45, 7) is 4.06. The minimum absolute atomic E-state index is 0.120. The highest BCUT2D eigenvalue weighted by Gasteiger charge is 2.14. The first-order valence-corrected chi connectivity index (χ1v) is 9.71. The van der Waals surface area contributed by atoms with Crippen molar-refractivity contribution in [2.24, 2.45) is 0 Å². The predicted octanol–water partition coefficient (Wildman–Crippen LogP) is 4.16. The van der Waals surface area contributed by atoms with Gasteiger partial charge in [0, 0.05) is 15.2 Å². The Balaban J connectivity index is 1.82. The first kappa shape index (κ1) is 21.4. The third-order valence-electron chi connectivity index (χ3n) is 4.02. The topological polar surface area (TPSA) is 61.4 Å². The quantitative estimate of drug-likeness (QED) is 0.663. The van der Waals surface area contributed by atoms with Gasteiger partial charge in [-0.1, -0.05) is 39.7 Å². The smallest absolute Gasteiger partial charge is 0.238 e. The Labute approximate surface area is 173 Å². The van der Waals surface area contributed by atoms with Crippen LogP contribution in [0.1, 0.15) is 24.1 Å². The average Bonchev–Trinajstić information content (AvgIpc) is 2.57. The van der Waals surface area contributed by atoms with E-state index in [2.05, 4.69) is 26.6 Å². The zero-order valence-electron chi connectivity index (χ0n) is 15.6. The molecule has 0 aliphatic heterocycles. The lowest BCUT2D eigenvalue weighted by Gasteiger charge is -2.19. The summed E-state index contributed by atoms with van der Waals surface area (Å²) in [5, 5.41) is 6.41. The Morgan fingerprint density at radius 3 is 2.52 bits per heavy atom. The molecule has 5 nitrogen and oxygen atoms in total. The Bertz CT molecular complexity index is 829. The van der Waals surface area contributed by atoms with E-state index in [-0.39, 0.29) is 30.9 Å². The molecule has 1 atom stereocenters. The van der Waals surface area contributed by atoms with Crippen LogP contribution in [-0.2, 0) is 9.59 Å². The van der Waals surface area contributed by atoms with E-state index in [0.29, 0.717) is 5.02 Å². The molecule has 2 aromatic carbocycles. The van der Waals surface area contributed by atoms with Gasteiger partial charge in [0.25, 0.3) is 0 Å². The summed E-state index contributed by atoms with van der Waals surface area (Å²) >= 11 is 9.38. The third-order valence-corrected chi connectivity index (χ3v) is 4.74. The number of amides is 2. The lowest BCUT2D eigenvalue weighted by Crippen LogP contribution is -2.39. The highest BCUT2D eigenvalue weighted by atomic mass is 79.9. The number of carbonyl (C=O) groups is 2. The highest BCUT2D eigenvalue weighted by molar-refractivity contribution is 9.10. The standard InChI is InChI=1S/C20H23BrClN3O2/c1-13-9-16(21)7-8-18(13)24-20(27)12-25(3)11-19(26)23-14(2)15-5-4-6-17(22)10-15/h4-10,14H,11-12H2,1-3H3,(H,23,26)(H,24,27). The molecule has 2 rings (SSSR count). The average molecular weight is 453 g/mol. The van der Waals surface area contributed by atoms with Crippen LogP contribution in [0.3, 0.4) is 0 Å². The summed E-state index contributed by atoms with van der Waals surface area (Å²) in [7, 11) is 1.73. The number of carbonyl (C=O) groups excluding carboxylic acids is 2. The molecule has 144 valence electrons. The van der Waals surface area contributed by atoms with Gasteiger partial charge in [0.05, 0.1) is 19.1 Å². The van der Waals surface area contributed by atoms with Gasteiger partial charge >= 0.3 is 0 Å². The van der Waals surface area contributed by atoms with Gasteiger partial charge in [-0.15, -0.1) is 0 Å². The molecule has 0 saturated carbocycles. The fraction of sp³-hybridized carbons (Fsp3) is 0.300. The molecule has 2 aromatic rings. The maximum absolute atomic E-state index is 12.2. The number of likely N-dealkylation sites (N-methyl/N-ethyl adjacent to an activating group) is 1. The lowest BCUT2D eigenvalue weighted by atomic mass is 10.1. The molecule has 2 amide bonds. The number of benzene rings is 2. The number of rotatable bonds is 7. The van der Waals surface area contributed by atoms with Crippen molar-refractivity contribution >= 4 is 45.0 Å². The summed E-state index contributed by atoms with van der Waals surface area (Å²) in [5.74, 6) is -0.323. The van der Waals surface area contributed by atoms with E-state index in [1.807, 2.05) is 50.2 Å². The van der Waals surface area contributed by atoms with Gasteiger partial charge in [-0.25, -0.2) is 0 Å². The Morgan fingerprint density at radius 1 is 1.15 bits per heavy atom. The minimum atomic E-state index is -0.168. The summed E-state index contributed by atoms with van der Waals surface area (Å²) < 4.78 is 0.959. The van der Waals surface area contributed by atoms with Gasteiger partial charge in [0.2, 0.25) is 11.8 Å². The maximum Gasteiger partial charge on any atom is 0.238 e. The lowest BCUT2D eigenvalue weighted by molar-refractivity contribution is -0.123. The molecule has 2 N–H and O–H groups in total. The molecular formula is C20H23BrClN3O2. The number of hydrogen-bond acceptors (Lipinski definition) is 3. The second-order valence-electron chi connectivity index (χ2n) is 6.52. The summed E-state index contributed by atoms with van der Waals surface area (Å²) in [4.78, 5) is 26.1. The molecule has 0 saturated heterocycles. The van der Waals surface area contributed by atoms with Crippen molar-refractivity contribution in [3.8, 4) is 0 Å². The van der Waals surface area contributed by atoms with Crippen LogP contribution < -0.4 is 10.6 Å². The molecule has 0 aliphatic carbocycles. The maximum atomic E-state index is 12.2. The van der Waals surface area contributed by atoms with Crippen molar-refractivity contribution in [2.45, 2.75) is 19.9 Å². The fourth-order valence-corrected chi connectivity index (χ4v) is 3.32. The number of nitrogens with zero attached hydrogens (tertiary/aromatic N) is 1. The largest absolute Gasteiger partial charge is 0.348 e. The van der Waals surface area contributed by atoms with E-state index >= 15 is 0 Å². The first-order valence-electron chi connectivity index (χ1n) is 8.54. The highest BCUT2D eigenvalue weighted by Crippen LogP contribution is 2.20. The molecular weight excluding hydrogens is 430 g/mol. The molecule has 0 heterocycles. The van der Waals surface area contributed by atoms with Gasteiger partial charge < -0.3 is 10.6 Å². The minimum Gasteiger partial charge on any atom is -0.348 e. The predicted molar refractivity (Wildman–Crippen MR) is 113 cm³/mol. The van der Waals surface area contributed by atoms with Gasteiger partial charge in [-0.05, 0) is 62.4 Å². The van der Waals surface area contributed by atoms with Crippen LogP contribution in [0.4, 0.5) is 5.69 Å². The molecule has 0 fully saturated rings. The van der Waals surface area contributed by atoms with Gasteiger partial charge in [-0.2, -0.15) is 0 Å². The van der Waals surface area contributed by atoms with Crippen LogP contribution in [0, 0.1) is 6.92 Å². The molecule has 7 heteroatoms. The zero-order chi connectivity index (χ0) is 20.0. The van der Waals surface area contributed by atoms with E-state index in [1.54, 1.807) is 18.0 Å². The number of halogens is 2. The molecule has 0 aliphatic rings. The third kappa shape index (κ3) is 6.97. The van der Waals surface area contributed by atoms with Gasteiger partial charge in [0.1, 0.15) is 0 Å². The van der Waals surface area contributed by atoms with Crippen molar-refractivity contribution in [1.82, 2.24) is 10.2 Å². The number of nitrogens with one attached hydrogen (secondary N) is 2. The van der Waals surface area contributed by atoms with E-state index in [9.17, 15) is 9.59 Å². The summed E-state index contributed by atoms with van der Waals surface area (Å²) in [6, 6.07) is 12.9. The van der Waals surface area contributed by atoms with Crippen LogP contribution >= 0.6 is 27.5 Å². The molecule has 0 radical (unpaired) electrons. The second kappa shape index (κ2) is 9.88. The Hall–Kier alpha value is -1.89. The van der Waals surface area contributed by atoms with Crippen LogP contribution in [0.25, 0.3) is 0 Å². The van der Waals surface area contributed by atoms with Crippen LogP contribution in [-0.4, -0.2) is 36.9 Å². The SMILES string of the molecule is Cc1cc(Br)ccc1NC(=O)CN(C)CC(=O)NC(C)c1cccc(Cl)c1. The van der Waals surface area contributed by atoms with E-state index in [4.69, 9.17) is 11.6 Å². The van der Waals surface area contributed by atoms with Crippen molar-refractivity contribution in [3.05, 3.63) is 63.1 Å². The van der Waals surface area contributed by atoms with Crippen molar-refractivity contribution in [3.63, 3.8) is 0 Å². The van der Waals surface area contributed by atoms with E-state index in [0.717, 1.165) is 21.3 Å². The van der Waals surface area contributed by atoms with E-state index in [1.165, 1.54) is 0 Å². The van der Waals surface area contributed by atoms with Crippen LogP contribution in [0.5, 0.6) is 0 Å². The molecule has 0 aromatic heterocycles. The molecule has 0 bridgehead atoms. The summed E-state index contributed by atoms with van der Waals surface area (Å²) in [6.07, 6.45) is 0. The number of anilines is 1. The molecule has 1 unspecified atom stereocenters. The van der Waals surface area contributed by atoms with Crippen molar-refractivity contribution in [2.75, 3.05) is 25.5 Å². The van der Waals surface area contributed by atoms with Gasteiger partial charge in [-0.3, -0.25) is 14.5 Å². The number of hydrogen-bond donors (Lipinski definition) is 2. The first-order chi connectivity index (χ1) is 12.7. The Kier molecular flexibility index (Phi) is 7.83. The monoisotopic (exact) mass is 451 g/mol. The van der Waals surface area contributed by atoms with Crippen molar-refractivity contribution < 1.29 is 9.59 Å². The summed E-state index contributed by atoms with van der Waals surface area (Å²) in [5.41, 5.74) is 2.66. The normalized spacial score (nSPS) is 11.9. The zero-order valence-corrected chi connectivity index (χ0v) is 17.9. The fourth-order valence-electron chi connectivity index (χ4n) is 2.65. The van der Waals surface area contributed by atoms with Crippen LogP contribution in [0.2, 0.25) is 5.02 Å². The Morgan fingerprint density at radius 2 is 1.85 bits per heavy atom.